The van der Waals surface area contributed by atoms with Gasteiger partial charge in [-0.15, -0.1) is 6.42 Å². The van der Waals surface area contributed by atoms with Crippen molar-refractivity contribution in [2.75, 3.05) is 13.2 Å². The topological polar surface area (TPSA) is 55.4 Å². The van der Waals surface area contributed by atoms with Crippen LogP contribution in [0.4, 0.5) is 0 Å². The molecule has 1 N–H and O–H groups in total. The van der Waals surface area contributed by atoms with Crippen LogP contribution in [0, 0.1) is 12.3 Å². The molecular formula is C12H10BrNO3. The number of ether oxygens (including phenoxy) is 1. The predicted molar refractivity (Wildman–Crippen MR) is 66.3 cm³/mol. The first-order chi connectivity index (χ1) is 8.15. The minimum Gasteiger partial charge on any atom is -0.452 e. The molecule has 0 saturated carbocycles. The second-order valence-corrected chi connectivity index (χ2v) is 3.89. The number of hydrogen-bond donors (Lipinski definition) is 1. The van der Waals surface area contributed by atoms with E-state index in [1.54, 1.807) is 24.3 Å². The van der Waals surface area contributed by atoms with Gasteiger partial charge in [-0.2, -0.15) is 0 Å². The van der Waals surface area contributed by atoms with E-state index in [4.69, 9.17) is 11.2 Å². The van der Waals surface area contributed by atoms with Crippen molar-refractivity contribution in [3.63, 3.8) is 0 Å². The second-order valence-electron chi connectivity index (χ2n) is 3.04. The molecule has 1 amide bonds. The van der Waals surface area contributed by atoms with Gasteiger partial charge in [0, 0.05) is 4.47 Å². The molecule has 0 unspecified atom stereocenters. The molecule has 0 aromatic heterocycles. The van der Waals surface area contributed by atoms with Crippen molar-refractivity contribution >= 4 is 27.8 Å². The largest absolute Gasteiger partial charge is 0.452 e. The van der Waals surface area contributed by atoms with Gasteiger partial charge >= 0.3 is 5.97 Å². The first-order valence-corrected chi connectivity index (χ1v) is 5.56. The summed E-state index contributed by atoms with van der Waals surface area (Å²) in [6.45, 7) is -0.229. The van der Waals surface area contributed by atoms with Gasteiger partial charge in [-0.05, 0) is 28.1 Å². The Balaban J connectivity index is 2.49. The van der Waals surface area contributed by atoms with Gasteiger partial charge in [-0.3, -0.25) is 4.79 Å². The Morgan fingerprint density at radius 3 is 2.76 bits per heavy atom. The molecule has 1 aromatic rings. The van der Waals surface area contributed by atoms with Crippen molar-refractivity contribution in [1.82, 2.24) is 5.32 Å². The molecule has 0 saturated heterocycles. The number of benzene rings is 1. The molecule has 4 nitrogen and oxygen atoms in total. The summed E-state index contributed by atoms with van der Waals surface area (Å²) >= 11 is 3.22. The summed E-state index contributed by atoms with van der Waals surface area (Å²) in [5.41, 5.74) is 0.372. The maximum absolute atomic E-state index is 11.6. The van der Waals surface area contributed by atoms with Crippen LogP contribution in [0.3, 0.4) is 0 Å². The summed E-state index contributed by atoms with van der Waals surface area (Å²) < 4.78 is 5.44. The van der Waals surface area contributed by atoms with E-state index in [1.807, 2.05) is 0 Å². The Hall–Kier alpha value is -1.80. The lowest BCUT2D eigenvalue weighted by Crippen LogP contribution is -2.29. The maximum atomic E-state index is 11.6. The summed E-state index contributed by atoms with van der Waals surface area (Å²) in [4.78, 5) is 22.7. The number of carbonyl (C=O) groups is 2. The van der Waals surface area contributed by atoms with Gasteiger partial charge < -0.3 is 10.1 Å². The Kier molecular flexibility index (Phi) is 5.24. The fourth-order valence-corrected chi connectivity index (χ4v) is 1.48. The predicted octanol–water partition coefficient (Wildman–Crippen LogP) is 1.36. The van der Waals surface area contributed by atoms with Gasteiger partial charge in [0.05, 0.1) is 12.1 Å². The fraction of sp³-hybridized carbons (Fsp3) is 0.167. The molecule has 1 aromatic carbocycles. The van der Waals surface area contributed by atoms with Crippen LogP contribution in [0.15, 0.2) is 28.7 Å². The Morgan fingerprint density at radius 2 is 2.12 bits per heavy atom. The number of halogens is 1. The highest BCUT2D eigenvalue weighted by atomic mass is 79.9. The molecule has 0 heterocycles. The van der Waals surface area contributed by atoms with Crippen LogP contribution < -0.4 is 5.32 Å². The van der Waals surface area contributed by atoms with E-state index in [-0.39, 0.29) is 13.2 Å². The molecule has 0 radical (unpaired) electrons. The van der Waals surface area contributed by atoms with E-state index in [0.29, 0.717) is 10.0 Å². The SMILES string of the molecule is C#CCNC(=O)COC(=O)c1ccccc1Br. The molecule has 0 atom stereocenters. The normalized spacial score (nSPS) is 9.18. The molecule has 0 aliphatic carbocycles. The molecule has 0 bridgehead atoms. The van der Waals surface area contributed by atoms with Crippen molar-refractivity contribution in [3.05, 3.63) is 34.3 Å². The third-order valence-electron chi connectivity index (χ3n) is 1.82. The summed E-state index contributed by atoms with van der Waals surface area (Å²) in [6.07, 6.45) is 4.97. The Bertz CT molecular complexity index is 465. The summed E-state index contributed by atoms with van der Waals surface area (Å²) in [6, 6.07) is 6.81. The smallest absolute Gasteiger partial charge is 0.339 e. The van der Waals surface area contributed by atoms with Gasteiger partial charge in [0.15, 0.2) is 6.61 Å². The number of rotatable bonds is 4. The first-order valence-electron chi connectivity index (χ1n) is 4.77. The van der Waals surface area contributed by atoms with Crippen molar-refractivity contribution < 1.29 is 14.3 Å². The summed E-state index contributed by atoms with van der Waals surface area (Å²) in [5, 5.41) is 2.39. The van der Waals surface area contributed by atoms with E-state index >= 15 is 0 Å². The molecule has 0 aliphatic heterocycles. The van der Waals surface area contributed by atoms with E-state index in [2.05, 4.69) is 27.2 Å². The number of esters is 1. The average molecular weight is 296 g/mol. The van der Waals surface area contributed by atoms with E-state index in [1.165, 1.54) is 0 Å². The summed E-state index contributed by atoms with van der Waals surface area (Å²) in [5.74, 6) is 1.26. The van der Waals surface area contributed by atoms with Gasteiger partial charge in [-0.25, -0.2) is 4.79 Å². The van der Waals surface area contributed by atoms with Crippen molar-refractivity contribution in [2.45, 2.75) is 0 Å². The molecule has 0 spiro atoms. The van der Waals surface area contributed by atoms with Crippen molar-refractivity contribution in [1.29, 1.82) is 0 Å². The van der Waals surface area contributed by atoms with Gasteiger partial charge in [0.2, 0.25) is 0 Å². The van der Waals surface area contributed by atoms with Crippen LogP contribution in [0.1, 0.15) is 10.4 Å². The summed E-state index contributed by atoms with van der Waals surface area (Å²) in [7, 11) is 0. The third kappa shape index (κ3) is 4.29. The zero-order valence-electron chi connectivity index (χ0n) is 8.90. The Morgan fingerprint density at radius 1 is 1.41 bits per heavy atom. The van der Waals surface area contributed by atoms with Crippen LogP contribution in [-0.4, -0.2) is 25.0 Å². The molecule has 1 rings (SSSR count). The van der Waals surface area contributed by atoms with Crippen LogP contribution >= 0.6 is 15.9 Å². The highest BCUT2D eigenvalue weighted by molar-refractivity contribution is 9.10. The number of carbonyl (C=O) groups excluding carboxylic acids is 2. The second kappa shape index (κ2) is 6.71. The van der Waals surface area contributed by atoms with Gasteiger partial charge in [-0.1, -0.05) is 18.1 Å². The monoisotopic (exact) mass is 295 g/mol. The number of hydrogen-bond acceptors (Lipinski definition) is 3. The lowest BCUT2D eigenvalue weighted by molar-refractivity contribution is -0.123. The number of terminal acetylenes is 1. The van der Waals surface area contributed by atoms with E-state index < -0.39 is 11.9 Å². The van der Waals surface area contributed by atoms with Crippen LogP contribution in [0.5, 0.6) is 0 Å². The van der Waals surface area contributed by atoms with Crippen LogP contribution in [-0.2, 0) is 9.53 Å². The minimum absolute atomic E-state index is 0.116. The number of amides is 1. The third-order valence-corrected chi connectivity index (χ3v) is 2.51. The maximum Gasteiger partial charge on any atom is 0.339 e. The molecule has 0 fully saturated rings. The van der Waals surface area contributed by atoms with Crippen LogP contribution in [0.25, 0.3) is 0 Å². The first kappa shape index (κ1) is 13.3. The Labute approximate surface area is 107 Å². The lowest BCUT2D eigenvalue weighted by Gasteiger charge is -2.05. The van der Waals surface area contributed by atoms with Crippen molar-refractivity contribution in [2.24, 2.45) is 0 Å². The fourth-order valence-electron chi connectivity index (χ4n) is 1.04. The van der Waals surface area contributed by atoms with Crippen molar-refractivity contribution in [3.8, 4) is 12.3 Å². The highest BCUT2D eigenvalue weighted by Crippen LogP contribution is 2.16. The molecular weight excluding hydrogens is 286 g/mol. The van der Waals surface area contributed by atoms with E-state index in [0.717, 1.165) is 0 Å². The van der Waals surface area contributed by atoms with Gasteiger partial charge in [0.1, 0.15) is 0 Å². The molecule has 17 heavy (non-hydrogen) atoms. The zero-order chi connectivity index (χ0) is 12.7. The molecule has 0 aliphatic rings. The number of nitrogens with one attached hydrogen (secondary N) is 1. The zero-order valence-corrected chi connectivity index (χ0v) is 10.5. The molecule has 5 heteroatoms. The minimum atomic E-state index is -0.562. The average Bonchev–Trinajstić information content (AvgIpc) is 2.34. The lowest BCUT2D eigenvalue weighted by atomic mass is 10.2. The van der Waals surface area contributed by atoms with Crippen LogP contribution in [0.2, 0.25) is 0 Å². The van der Waals surface area contributed by atoms with Gasteiger partial charge in [0.25, 0.3) is 5.91 Å². The van der Waals surface area contributed by atoms with E-state index in [9.17, 15) is 9.59 Å². The quantitative estimate of drug-likeness (QED) is 0.674. The molecule has 88 valence electrons. The standard InChI is InChI=1S/C12H10BrNO3/c1-2-7-14-11(15)8-17-12(16)9-5-3-4-6-10(9)13/h1,3-6H,7-8H2,(H,14,15). The highest BCUT2D eigenvalue weighted by Gasteiger charge is 2.12.